The maximum atomic E-state index is 6.13. The Morgan fingerprint density at radius 2 is 1.68 bits per heavy atom. The Kier molecular flexibility index (Phi) is 5.67. The molecular formula is C28H39NO5. The molecule has 2 heterocycles. The molecule has 0 radical (unpaired) electrons. The Hall–Kier alpha value is -1.18. The summed E-state index contributed by atoms with van der Waals surface area (Å²) in [6.07, 6.45) is 10.1. The molecule has 0 unspecified atom stereocenters. The van der Waals surface area contributed by atoms with Crippen LogP contribution in [-0.2, 0) is 19.2 Å². The summed E-state index contributed by atoms with van der Waals surface area (Å²) in [7, 11) is 0. The highest BCUT2D eigenvalue weighted by Crippen LogP contribution is 2.71. The van der Waals surface area contributed by atoms with Gasteiger partial charge in [0.05, 0.1) is 13.2 Å². The van der Waals surface area contributed by atoms with Gasteiger partial charge in [0.2, 0.25) is 5.79 Å². The highest BCUT2D eigenvalue weighted by molar-refractivity contribution is 5.33. The van der Waals surface area contributed by atoms with Gasteiger partial charge in [-0.25, -0.2) is 4.89 Å². The molecule has 1 aromatic carbocycles. The van der Waals surface area contributed by atoms with Crippen molar-refractivity contribution in [2.75, 3.05) is 46.2 Å². The number of hydrogen-bond donors (Lipinski definition) is 0. The molecule has 2 spiro atoms. The molecule has 2 saturated heterocycles. The van der Waals surface area contributed by atoms with E-state index in [1.165, 1.54) is 37.7 Å². The molecule has 1 aromatic rings. The maximum absolute atomic E-state index is 6.13. The fourth-order valence-electron chi connectivity index (χ4n) is 9.10. The SMILES string of the molecule is c1cc([C@H]2CC[C@]3(CC24C2CC5CC(C2)CC4C5)OCOO3)ccc1OCCN1CCOCC1. The summed E-state index contributed by atoms with van der Waals surface area (Å²) < 4.78 is 17.7. The van der Waals surface area contributed by atoms with Gasteiger partial charge in [-0.3, -0.25) is 4.90 Å². The van der Waals surface area contributed by atoms with Crippen molar-refractivity contribution >= 4 is 0 Å². The quantitative estimate of drug-likeness (QED) is 0.581. The minimum absolute atomic E-state index is 0.276. The molecule has 4 bridgehead atoms. The molecule has 0 N–H and O–H groups in total. The molecule has 6 heteroatoms. The maximum Gasteiger partial charge on any atom is 0.204 e. The van der Waals surface area contributed by atoms with E-state index in [1.54, 1.807) is 0 Å². The van der Waals surface area contributed by atoms with Gasteiger partial charge in [-0.15, -0.1) is 0 Å². The number of hydrogen-bond acceptors (Lipinski definition) is 6. The molecule has 5 saturated carbocycles. The minimum atomic E-state index is -0.519. The Bertz CT molecular complexity index is 832. The average molecular weight is 470 g/mol. The monoisotopic (exact) mass is 469 g/mol. The summed E-state index contributed by atoms with van der Waals surface area (Å²) in [4.78, 5) is 13.6. The van der Waals surface area contributed by atoms with Crippen LogP contribution in [-0.4, -0.2) is 56.9 Å². The van der Waals surface area contributed by atoms with E-state index in [-0.39, 0.29) is 12.2 Å². The molecule has 7 fully saturated rings. The van der Waals surface area contributed by atoms with Crippen LogP contribution in [0.25, 0.3) is 0 Å². The summed E-state index contributed by atoms with van der Waals surface area (Å²) in [6.45, 7) is 5.67. The third-order valence-electron chi connectivity index (χ3n) is 10.3. The lowest BCUT2D eigenvalue weighted by molar-refractivity contribution is -0.348. The van der Waals surface area contributed by atoms with Gasteiger partial charge in [0, 0.05) is 32.5 Å². The lowest BCUT2D eigenvalue weighted by Gasteiger charge is -2.66. The van der Waals surface area contributed by atoms with Crippen molar-refractivity contribution in [3.63, 3.8) is 0 Å². The summed E-state index contributed by atoms with van der Waals surface area (Å²) in [5.41, 5.74) is 1.76. The zero-order valence-electron chi connectivity index (χ0n) is 20.3. The number of nitrogens with zero attached hydrogens (tertiary/aromatic N) is 1. The van der Waals surface area contributed by atoms with Crippen LogP contribution in [0.3, 0.4) is 0 Å². The highest BCUT2D eigenvalue weighted by Gasteiger charge is 2.65. The first-order chi connectivity index (χ1) is 16.7. The van der Waals surface area contributed by atoms with Crippen LogP contribution in [0.2, 0.25) is 0 Å². The zero-order chi connectivity index (χ0) is 22.6. The van der Waals surface area contributed by atoms with E-state index >= 15 is 0 Å². The van der Waals surface area contributed by atoms with Crippen LogP contribution < -0.4 is 4.74 Å². The van der Waals surface area contributed by atoms with E-state index in [9.17, 15) is 0 Å². The smallest absolute Gasteiger partial charge is 0.204 e. The Morgan fingerprint density at radius 3 is 2.35 bits per heavy atom. The van der Waals surface area contributed by atoms with Crippen molar-refractivity contribution in [3.05, 3.63) is 29.8 Å². The lowest BCUT2D eigenvalue weighted by atomic mass is 9.39. The molecule has 0 amide bonds. The van der Waals surface area contributed by atoms with Crippen LogP contribution in [0.15, 0.2) is 24.3 Å². The van der Waals surface area contributed by atoms with Gasteiger partial charge in [0.15, 0.2) is 6.79 Å². The summed E-state index contributed by atoms with van der Waals surface area (Å²) in [5, 5.41) is 0. The fraction of sp³-hybridized carbons (Fsp3) is 0.786. The normalized spacial score (nSPS) is 43.7. The molecule has 5 aliphatic carbocycles. The van der Waals surface area contributed by atoms with Gasteiger partial charge in [0.25, 0.3) is 0 Å². The number of rotatable bonds is 5. The van der Waals surface area contributed by atoms with Gasteiger partial charge in [0.1, 0.15) is 12.4 Å². The largest absolute Gasteiger partial charge is 0.492 e. The third kappa shape index (κ3) is 3.72. The molecule has 2 atom stereocenters. The van der Waals surface area contributed by atoms with Crippen molar-refractivity contribution in [3.8, 4) is 5.75 Å². The van der Waals surface area contributed by atoms with E-state index in [0.29, 0.717) is 5.92 Å². The molecule has 6 nitrogen and oxygen atoms in total. The van der Waals surface area contributed by atoms with Crippen molar-refractivity contribution in [1.82, 2.24) is 4.90 Å². The van der Waals surface area contributed by atoms with E-state index in [4.69, 9.17) is 24.0 Å². The van der Waals surface area contributed by atoms with E-state index in [2.05, 4.69) is 29.2 Å². The Morgan fingerprint density at radius 1 is 0.941 bits per heavy atom. The predicted molar refractivity (Wildman–Crippen MR) is 126 cm³/mol. The predicted octanol–water partition coefficient (Wildman–Crippen LogP) is 4.74. The number of morpholine rings is 1. The number of benzene rings is 1. The van der Waals surface area contributed by atoms with Gasteiger partial charge >= 0.3 is 0 Å². The molecule has 0 aromatic heterocycles. The molecule has 186 valence electrons. The van der Waals surface area contributed by atoms with Crippen LogP contribution in [0.1, 0.15) is 62.8 Å². The van der Waals surface area contributed by atoms with Crippen molar-refractivity contribution in [2.24, 2.45) is 29.1 Å². The standard InChI is InChI=1S/C28H39NO5/c1-3-25(31-12-9-29-7-10-30-11-8-29)4-2-22(1)26-5-6-27(32-19-33-34-27)18-28(26)23-14-20-13-21(16-23)17-24(28)15-20/h1-4,20-21,23-24,26H,5-19H2/t20?,21?,23?,24?,26-,27+,28?/m1/s1. The van der Waals surface area contributed by atoms with Crippen molar-refractivity contribution in [2.45, 2.75) is 63.1 Å². The molecule has 34 heavy (non-hydrogen) atoms. The summed E-state index contributed by atoms with van der Waals surface area (Å²) in [5.74, 6) is 4.54. The van der Waals surface area contributed by atoms with Gasteiger partial charge < -0.3 is 14.2 Å². The molecule has 2 aliphatic heterocycles. The van der Waals surface area contributed by atoms with E-state index in [1.807, 2.05) is 0 Å². The second-order valence-corrected chi connectivity index (χ2v) is 11.9. The number of ether oxygens (including phenoxy) is 3. The average Bonchev–Trinajstić information content (AvgIpc) is 3.31. The van der Waals surface area contributed by atoms with Crippen molar-refractivity contribution in [1.29, 1.82) is 0 Å². The summed E-state index contributed by atoms with van der Waals surface area (Å²) in [6, 6.07) is 9.11. The Labute approximate surface area is 203 Å². The van der Waals surface area contributed by atoms with Gasteiger partial charge in [-0.1, -0.05) is 12.1 Å². The van der Waals surface area contributed by atoms with Gasteiger partial charge in [-0.05, 0) is 91.2 Å². The minimum Gasteiger partial charge on any atom is -0.492 e. The van der Waals surface area contributed by atoms with E-state index in [0.717, 1.165) is 88.1 Å². The first-order valence-electron chi connectivity index (χ1n) is 13.7. The van der Waals surface area contributed by atoms with Crippen LogP contribution in [0, 0.1) is 29.1 Å². The fourth-order valence-corrected chi connectivity index (χ4v) is 9.10. The van der Waals surface area contributed by atoms with Crippen molar-refractivity contribution < 1.29 is 24.0 Å². The Balaban J connectivity index is 1.10. The van der Waals surface area contributed by atoms with E-state index < -0.39 is 5.79 Å². The molecular weight excluding hydrogens is 430 g/mol. The molecule has 7 aliphatic rings. The van der Waals surface area contributed by atoms with Crippen LogP contribution >= 0.6 is 0 Å². The zero-order valence-corrected chi connectivity index (χ0v) is 20.3. The van der Waals surface area contributed by atoms with Crippen LogP contribution in [0.4, 0.5) is 0 Å². The summed E-state index contributed by atoms with van der Waals surface area (Å²) >= 11 is 0. The first-order valence-corrected chi connectivity index (χ1v) is 13.7. The topological polar surface area (TPSA) is 49.4 Å². The third-order valence-corrected chi connectivity index (χ3v) is 10.3. The highest BCUT2D eigenvalue weighted by atomic mass is 17.3. The second kappa shape index (κ2) is 8.74. The first kappa shape index (κ1) is 22.1. The second-order valence-electron chi connectivity index (χ2n) is 11.9. The molecule has 8 rings (SSSR count). The lowest BCUT2D eigenvalue weighted by Crippen LogP contribution is -2.60. The van der Waals surface area contributed by atoms with Gasteiger partial charge in [-0.2, -0.15) is 4.89 Å². The van der Waals surface area contributed by atoms with Crippen LogP contribution in [0.5, 0.6) is 5.75 Å².